The van der Waals surface area contributed by atoms with Gasteiger partial charge in [0.15, 0.2) is 0 Å². The number of hydrogen-bond acceptors (Lipinski definition) is 3. The molecule has 0 atom stereocenters. The van der Waals surface area contributed by atoms with Crippen molar-refractivity contribution in [1.29, 1.82) is 0 Å². The van der Waals surface area contributed by atoms with Crippen LogP contribution in [0.25, 0.3) is 33.1 Å². The highest BCUT2D eigenvalue weighted by molar-refractivity contribution is 6.12. The van der Waals surface area contributed by atoms with Crippen molar-refractivity contribution in [2.24, 2.45) is 0 Å². The van der Waals surface area contributed by atoms with E-state index in [1.165, 1.54) is 0 Å². The minimum absolute atomic E-state index is 0.262. The van der Waals surface area contributed by atoms with Crippen LogP contribution in [0.3, 0.4) is 0 Å². The lowest BCUT2D eigenvalue weighted by Crippen LogP contribution is -2.00. The number of nitrogens with zero attached hydrogens (tertiary/aromatic N) is 1. The Balaban J connectivity index is 2.03. The molecule has 0 saturated carbocycles. The lowest BCUT2D eigenvalue weighted by Gasteiger charge is -2.10. The van der Waals surface area contributed by atoms with Gasteiger partial charge < -0.3 is 14.8 Å². The molecule has 0 aliphatic carbocycles. The summed E-state index contributed by atoms with van der Waals surface area (Å²) in [7, 11) is 1.61. The molecule has 0 saturated heterocycles. The van der Waals surface area contributed by atoms with Gasteiger partial charge in [0.25, 0.3) is 0 Å². The Morgan fingerprint density at radius 3 is 2.58 bits per heavy atom. The third-order valence-corrected chi connectivity index (χ3v) is 4.15. The van der Waals surface area contributed by atoms with Crippen LogP contribution in [0.15, 0.2) is 54.7 Å². The average Bonchev–Trinajstić information content (AvgIpc) is 3.10. The van der Waals surface area contributed by atoms with Crippen molar-refractivity contribution in [1.82, 2.24) is 9.97 Å². The van der Waals surface area contributed by atoms with Crippen LogP contribution in [-0.2, 0) is 0 Å². The molecular weight excluding hydrogens is 304 g/mol. The lowest BCUT2D eigenvalue weighted by atomic mass is 10.0. The van der Waals surface area contributed by atoms with E-state index in [1.54, 1.807) is 25.4 Å². The van der Waals surface area contributed by atoms with Gasteiger partial charge in [-0.1, -0.05) is 0 Å². The van der Waals surface area contributed by atoms with E-state index in [1.807, 2.05) is 36.4 Å². The third-order valence-electron chi connectivity index (χ3n) is 4.15. The molecule has 5 heteroatoms. The van der Waals surface area contributed by atoms with Crippen LogP contribution in [0.5, 0.6) is 5.75 Å². The van der Waals surface area contributed by atoms with E-state index in [2.05, 4.69) is 9.97 Å². The summed E-state index contributed by atoms with van der Waals surface area (Å²) in [5.41, 5.74) is 3.49. The van der Waals surface area contributed by atoms with Gasteiger partial charge in [-0.15, -0.1) is 0 Å². The zero-order valence-corrected chi connectivity index (χ0v) is 12.9. The molecule has 0 aliphatic heterocycles. The van der Waals surface area contributed by atoms with E-state index < -0.39 is 5.97 Å². The molecule has 4 rings (SSSR count). The van der Waals surface area contributed by atoms with E-state index in [0.29, 0.717) is 5.39 Å². The highest BCUT2D eigenvalue weighted by Gasteiger charge is 2.14. The van der Waals surface area contributed by atoms with Gasteiger partial charge in [-0.2, -0.15) is 0 Å². The summed E-state index contributed by atoms with van der Waals surface area (Å²) >= 11 is 0. The van der Waals surface area contributed by atoms with Gasteiger partial charge in [0.05, 0.1) is 23.7 Å². The molecule has 0 aliphatic rings. The van der Waals surface area contributed by atoms with Gasteiger partial charge in [-0.25, -0.2) is 4.79 Å². The monoisotopic (exact) mass is 318 g/mol. The summed E-state index contributed by atoms with van der Waals surface area (Å²) in [6.07, 6.45) is 1.72. The molecule has 0 fully saturated rings. The smallest absolute Gasteiger partial charge is 0.336 e. The Hall–Kier alpha value is -3.34. The van der Waals surface area contributed by atoms with Gasteiger partial charge in [0.1, 0.15) is 5.75 Å². The van der Waals surface area contributed by atoms with Crippen LogP contribution in [0.1, 0.15) is 10.4 Å². The minimum atomic E-state index is -0.956. The van der Waals surface area contributed by atoms with Crippen molar-refractivity contribution < 1.29 is 14.6 Å². The summed E-state index contributed by atoms with van der Waals surface area (Å²) < 4.78 is 5.17. The largest absolute Gasteiger partial charge is 0.497 e. The van der Waals surface area contributed by atoms with Crippen molar-refractivity contribution in [3.63, 3.8) is 0 Å². The summed E-state index contributed by atoms with van der Waals surface area (Å²) in [5.74, 6) is -0.205. The molecule has 2 aromatic heterocycles. The number of H-pyrrole nitrogens is 1. The molecule has 0 bridgehead atoms. The normalized spacial score (nSPS) is 11.0. The maximum Gasteiger partial charge on any atom is 0.336 e. The fourth-order valence-corrected chi connectivity index (χ4v) is 2.94. The highest BCUT2D eigenvalue weighted by Crippen LogP contribution is 2.30. The van der Waals surface area contributed by atoms with Crippen LogP contribution in [0.4, 0.5) is 0 Å². The summed E-state index contributed by atoms with van der Waals surface area (Å²) in [4.78, 5) is 19.4. The Morgan fingerprint density at radius 2 is 1.88 bits per heavy atom. The quantitative estimate of drug-likeness (QED) is 0.596. The first-order valence-corrected chi connectivity index (χ1v) is 7.45. The van der Waals surface area contributed by atoms with E-state index >= 15 is 0 Å². The molecule has 2 aromatic carbocycles. The Labute approximate surface area is 137 Å². The van der Waals surface area contributed by atoms with Crippen molar-refractivity contribution in [3.05, 3.63) is 60.3 Å². The standard InChI is InChI=1S/C19H14N2O3/c1-24-12-4-2-11(3-5-12)17-10-15(19(22)23)13-6-7-16-14(8-9-20-16)18(13)21-17/h2-10,21H,1H3,(H,22,23). The molecular formula is C19H14N2O3. The molecule has 2 heterocycles. The molecule has 4 aromatic rings. The van der Waals surface area contributed by atoms with Gasteiger partial charge in [0.2, 0.25) is 0 Å². The number of rotatable bonds is 3. The number of aromatic nitrogens is 2. The molecule has 0 amide bonds. The average molecular weight is 318 g/mol. The lowest BCUT2D eigenvalue weighted by molar-refractivity contribution is 0.0699. The van der Waals surface area contributed by atoms with Crippen LogP contribution in [0, 0.1) is 0 Å². The van der Waals surface area contributed by atoms with E-state index in [-0.39, 0.29) is 5.56 Å². The number of aromatic amines is 1. The Kier molecular flexibility index (Phi) is 3.20. The number of carbonyl (C=O) groups is 1. The number of carboxylic acid groups (broad SMARTS) is 1. The fourth-order valence-electron chi connectivity index (χ4n) is 2.94. The number of aromatic carboxylic acids is 1. The molecule has 24 heavy (non-hydrogen) atoms. The first kappa shape index (κ1) is 14.3. The van der Waals surface area contributed by atoms with Crippen molar-refractivity contribution in [2.75, 3.05) is 7.11 Å². The number of methoxy groups -OCH3 is 1. The van der Waals surface area contributed by atoms with Crippen molar-refractivity contribution in [2.45, 2.75) is 0 Å². The number of nitrogens with one attached hydrogen (secondary N) is 1. The van der Waals surface area contributed by atoms with Crippen LogP contribution < -0.4 is 4.74 Å². The summed E-state index contributed by atoms with van der Waals surface area (Å²) in [6, 6.07) is 14.7. The zero-order valence-electron chi connectivity index (χ0n) is 12.9. The molecule has 2 N–H and O–H groups in total. The van der Waals surface area contributed by atoms with Crippen LogP contribution >= 0.6 is 0 Å². The topological polar surface area (TPSA) is 75.2 Å². The number of fused-ring (bicyclic) bond motifs is 3. The highest BCUT2D eigenvalue weighted by atomic mass is 16.5. The van der Waals surface area contributed by atoms with Crippen LogP contribution in [0.2, 0.25) is 0 Å². The Bertz CT molecular complexity index is 1070. The second kappa shape index (κ2) is 5.38. The number of benzene rings is 2. The maximum absolute atomic E-state index is 11.7. The van der Waals surface area contributed by atoms with Gasteiger partial charge in [0, 0.05) is 22.7 Å². The van der Waals surface area contributed by atoms with E-state index in [9.17, 15) is 9.90 Å². The minimum Gasteiger partial charge on any atom is -0.497 e. The number of pyridine rings is 1. The zero-order chi connectivity index (χ0) is 16.7. The van der Waals surface area contributed by atoms with Crippen molar-refractivity contribution >= 4 is 27.8 Å². The van der Waals surface area contributed by atoms with Crippen LogP contribution in [-0.4, -0.2) is 28.2 Å². The summed E-state index contributed by atoms with van der Waals surface area (Å²) in [6.45, 7) is 0. The molecule has 118 valence electrons. The number of ether oxygens (including phenoxy) is 1. The molecule has 0 radical (unpaired) electrons. The summed E-state index contributed by atoms with van der Waals surface area (Å²) in [5, 5.41) is 11.2. The second-order valence-electron chi connectivity index (χ2n) is 5.50. The van der Waals surface area contributed by atoms with Crippen molar-refractivity contribution in [3.8, 4) is 17.0 Å². The van der Waals surface area contributed by atoms with E-state index in [4.69, 9.17) is 4.74 Å². The van der Waals surface area contributed by atoms with Gasteiger partial charge in [-0.05, 0) is 54.1 Å². The first-order chi connectivity index (χ1) is 11.7. The molecule has 5 nitrogen and oxygen atoms in total. The second-order valence-corrected chi connectivity index (χ2v) is 5.50. The van der Waals surface area contributed by atoms with Gasteiger partial charge >= 0.3 is 5.97 Å². The van der Waals surface area contributed by atoms with Gasteiger partial charge in [-0.3, -0.25) is 4.98 Å². The molecule has 0 spiro atoms. The molecule has 0 unspecified atom stereocenters. The fraction of sp³-hybridized carbons (Fsp3) is 0.0526. The Morgan fingerprint density at radius 1 is 1.08 bits per heavy atom. The predicted octanol–water partition coefficient (Wildman–Crippen LogP) is 4.09. The SMILES string of the molecule is COc1ccc(-c2cc(C(=O)O)c3ccc4nccc4c3[nH]2)cc1. The maximum atomic E-state index is 11.7. The first-order valence-electron chi connectivity index (χ1n) is 7.45. The number of hydrogen-bond donors (Lipinski definition) is 2. The number of carboxylic acids is 1. The van der Waals surface area contributed by atoms with E-state index in [0.717, 1.165) is 33.4 Å². The third kappa shape index (κ3) is 2.18. The predicted molar refractivity (Wildman–Crippen MR) is 92.5 cm³/mol.